The first-order valence-corrected chi connectivity index (χ1v) is 8.24. The van der Waals surface area contributed by atoms with Crippen LogP contribution in [0.15, 0.2) is 23.2 Å². The van der Waals surface area contributed by atoms with Gasteiger partial charge in [-0.05, 0) is 24.3 Å². The lowest BCUT2D eigenvalue weighted by molar-refractivity contribution is 0.208. The van der Waals surface area contributed by atoms with Crippen LogP contribution in [0.2, 0.25) is 0 Å². The molecule has 0 saturated carbocycles. The van der Waals surface area contributed by atoms with Gasteiger partial charge in [0.05, 0.1) is 14.2 Å². The Bertz CT molecular complexity index is 535. The summed E-state index contributed by atoms with van der Waals surface area (Å²) in [5, 5.41) is 3.46. The zero-order chi connectivity index (χ0) is 16.8. The van der Waals surface area contributed by atoms with Gasteiger partial charge >= 0.3 is 0 Å². The van der Waals surface area contributed by atoms with Crippen molar-refractivity contribution in [2.24, 2.45) is 16.8 Å². The van der Waals surface area contributed by atoms with Gasteiger partial charge in [0.1, 0.15) is 0 Å². The number of para-hydroxylation sites is 1. The van der Waals surface area contributed by atoms with Crippen LogP contribution in [0.1, 0.15) is 25.8 Å². The number of ether oxygens (including phenoxy) is 2. The van der Waals surface area contributed by atoms with Gasteiger partial charge < -0.3 is 19.7 Å². The molecule has 1 aromatic rings. The van der Waals surface area contributed by atoms with Gasteiger partial charge in [0.15, 0.2) is 17.5 Å². The van der Waals surface area contributed by atoms with E-state index >= 15 is 0 Å². The molecular formula is C18H29N3O2. The number of methoxy groups -OCH3 is 2. The van der Waals surface area contributed by atoms with Crippen LogP contribution >= 0.6 is 0 Å². The summed E-state index contributed by atoms with van der Waals surface area (Å²) < 4.78 is 10.9. The smallest absolute Gasteiger partial charge is 0.193 e. The van der Waals surface area contributed by atoms with Crippen molar-refractivity contribution in [3.8, 4) is 11.5 Å². The van der Waals surface area contributed by atoms with Crippen LogP contribution in [0.4, 0.5) is 0 Å². The van der Waals surface area contributed by atoms with E-state index in [0.717, 1.165) is 36.1 Å². The lowest BCUT2D eigenvalue weighted by Crippen LogP contribution is -2.48. The standard InChI is InChI=1S/C18H29N3O2/c1-13-9-14(2)12-21(11-13)18(19-3)20-10-15-7-6-8-16(22-4)17(15)23-5/h6-8,13-14H,9-12H2,1-5H3,(H,19,20). The van der Waals surface area contributed by atoms with Crippen LogP contribution in [-0.2, 0) is 6.54 Å². The Morgan fingerprint density at radius 1 is 1.22 bits per heavy atom. The normalized spacial score (nSPS) is 22.0. The van der Waals surface area contributed by atoms with Crippen LogP contribution in [0.5, 0.6) is 11.5 Å². The van der Waals surface area contributed by atoms with Crippen LogP contribution in [0.25, 0.3) is 0 Å². The Kier molecular flexibility index (Phi) is 6.13. The Balaban J connectivity index is 2.07. The van der Waals surface area contributed by atoms with E-state index in [9.17, 15) is 0 Å². The first kappa shape index (κ1) is 17.4. The molecule has 128 valence electrons. The highest BCUT2D eigenvalue weighted by molar-refractivity contribution is 5.80. The van der Waals surface area contributed by atoms with Crippen LogP contribution in [0.3, 0.4) is 0 Å². The van der Waals surface area contributed by atoms with Crippen molar-refractivity contribution in [3.63, 3.8) is 0 Å². The van der Waals surface area contributed by atoms with Crippen LogP contribution in [-0.4, -0.2) is 45.2 Å². The third-order valence-electron chi connectivity index (χ3n) is 4.30. The maximum absolute atomic E-state index is 5.49. The predicted molar refractivity (Wildman–Crippen MR) is 94.3 cm³/mol. The van der Waals surface area contributed by atoms with Crippen molar-refractivity contribution >= 4 is 5.96 Å². The molecule has 0 amide bonds. The van der Waals surface area contributed by atoms with Crippen molar-refractivity contribution in [1.82, 2.24) is 10.2 Å². The molecule has 2 rings (SSSR count). The molecule has 1 heterocycles. The number of nitrogens with one attached hydrogen (secondary N) is 1. The van der Waals surface area contributed by atoms with E-state index in [4.69, 9.17) is 9.47 Å². The average Bonchev–Trinajstić information content (AvgIpc) is 2.54. The van der Waals surface area contributed by atoms with Crippen molar-refractivity contribution in [2.45, 2.75) is 26.8 Å². The highest BCUT2D eigenvalue weighted by Gasteiger charge is 2.24. The highest BCUT2D eigenvalue weighted by Crippen LogP contribution is 2.30. The summed E-state index contributed by atoms with van der Waals surface area (Å²) in [5.41, 5.74) is 1.06. The van der Waals surface area contributed by atoms with E-state index in [1.54, 1.807) is 14.2 Å². The number of hydrogen-bond acceptors (Lipinski definition) is 3. The number of likely N-dealkylation sites (tertiary alicyclic amines) is 1. The van der Waals surface area contributed by atoms with Gasteiger partial charge in [-0.25, -0.2) is 0 Å². The molecule has 2 unspecified atom stereocenters. The summed E-state index contributed by atoms with van der Waals surface area (Å²) in [6, 6.07) is 5.93. The molecule has 0 radical (unpaired) electrons. The molecule has 0 bridgehead atoms. The summed E-state index contributed by atoms with van der Waals surface area (Å²) in [6.45, 7) is 7.38. The minimum Gasteiger partial charge on any atom is -0.493 e. The molecule has 1 aromatic carbocycles. The molecule has 1 fully saturated rings. The summed E-state index contributed by atoms with van der Waals surface area (Å²) in [7, 11) is 5.17. The van der Waals surface area contributed by atoms with Crippen LogP contribution in [0, 0.1) is 11.8 Å². The number of guanidine groups is 1. The number of piperidine rings is 1. The van der Waals surface area contributed by atoms with Gasteiger partial charge in [-0.2, -0.15) is 0 Å². The molecule has 2 atom stereocenters. The molecular weight excluding hydrogens is 290 g/mol. The van der Waals surface area contributed by atoms with E-state index in [1.165, 1.54) is 6.42 Å². The maximum atomic E-state index is 5.49. The maximum Gasteiger partial charge on any atom is 0.193 e. The molecule has 0 aliphatic carbocycles. The van der Waals surface area contributed by atoms with Crippen molar-refractivity contribution < 1.29 is 9.47 Å². The number of nitrogens with zero attached hydrogens (tertiary/aromatic N) is 2. The first-order chi connectivity index (χ1) is 11.1. The minimum absolute atomic E-state index is 0.659. The molecule has 23 heavy (non-hydrogen) atoms. The van der Waals surface area contributed by atoms with E-state index in [1.807, 2.05) is 25.2 Å². The van der Waals surface area contributed by atoms with Gasteiger partial charge in [0.2, 0.25) is 0 Å². The van der Waals surface area contributed by atoms with Gasteiger partial charge in [-0.1, -0.05) is 26.0 Å². The van der Waals surface area contributed by atoms with Gasteiger partial charge in [-0.15, -0.1) is 0 Å². The average molecular weight is 319 g/mol. The van der Waals surface area contributed by atoms with Crippen LogP contribution < -0.4 is 14.8 Å². The molecule has 1 aliphatic rings. The highest BCUT2D eigenvalue weighted by atomic mass is 16.5. The Morgan fingerprint density at radius 2 is 1.91 bits per heavy atom. The Hall–Kier alpha value is -1.91. The summed E-state index contributed by atoms with van der Waals surface area (Å²) in [6.07, 6.45) is 1.29. The van der Waals surface area contributed by atoms with Gasteiger partial charge in [0, 0.05) is 32.2 Å². The monoisotopic (exact) mass is 319 g/mol. The fourth-order valence-electron chi connectivity index (χ4n) is 3.44. The second-order valence-electron chi connectivity index (χ2n) is 6.40. The number of hydrogen-bond donors (Lipinski definition) is 1. The zero-order valence-electron chi connectivity index (χ0n) is 14.9. The largest absolute Gasteiger partial charge is 0.493 e. The molecule has 1 aliphatic heterocycles. The van der Waals surface area contributed by atoms with Crippen molar-refractivity contribution in [2.75, 3.05) is 34.4 Å². The topological polar surface area (TPSA) is 46.1 Å². The predicted octanol–water partition coefficient (Wildman–Crippen LogP) is 2.76. The van der Waals surface area contributed by atoms with E-state index in [-0.39, 0.29) is 0 Å². The molecule has 0 spiro atoms. The van der Waals surface area contributed by atoms with Crippen molar-refractivity contribution in [1.29, 1.82) is 0 Å². The second-order valence-corrected chi connectivity index (χ2v) is 6.40. The number of aliphatic imine (C=N–C) groups is 1. The SMILES string of the molecule is CN=C(NCc1cccc(OC)c1OC)N1CC(C)CC(C)C1. The van der Waals surface area contributed by atoms with E-state index < -0.39 is 0 Å². The van der Waals surface area contributed by atoms with Gasteiger partial charge in [-0.3, -0.25) is 4.99 Å². The third-order valence-corrected chi connectivity index (χ3v) is 4.30. The first-order valence-electron chi connectivity index (χ1n) is 8.24. The summed E-state index contributed by atoms with van der Waals surface area (Å²) in [4.78, 5) is 6.81. The summed E-state index contributed by atoms with van der Waals surface area (Å²) >= 11 is 0. The summed E-state index contributed by atoms with van der Waals surface area (Å²) in [5.74, 6) is 3.88. The fourth-order valence-corrected chi connectivity index (χ4v) is 3.44. The fraction of sp³-hybridized carbons (Fsp3) is 0.611. The lowest BCUT2D eigenvalue weighted by atomic mass is 9.92. The molecule has 5 heteroatoms. The second kappa shape index (κ2) is 8.09. The van der Waals surface area contributed by atoms with Gasteiger partial charge in [0.25, 0.3) is 0 Å². The molecule has 5 nitrogen and oxygen atoms in total. The van der Waals surface area contributed by atoms with E-state index in [2.05, 4.69) is 29.1 Å². The lowest BCUT2D eigenvalue weighted by Gasteiger charge is -2.37. The molecule has 1 N–H and O–H groups in total. The number of benzene rings is 1. The van der Waals surface area contributed by atoms with Crippen molar-refractivity contribution in [3.05, 3.63) is 23.8 Å². The number of rotatable bonds is 4. The third kappa shape index (κ3) is 4.30. The Morgan fingerprint density at radius 3 is 2.48 bits per heavy atom. The zero-order valence-corrected chi connectivity index (χ0v) is 14.9. The Labute approximate surface area is 139 Å². The minimum atomic E-state index is 0.659. The van der Waals surface area contributed by atoms with E-state index in [0.29, 0.717) is 18.4 Å². The quantitative estimate of drug-likeness (QED) is 0.685. The molecule has 1 saturated heterocycles. The molecule has 0 aromatic heterocycles.